The Hall–Kier alpha value is -1.52. The number of hydrogen-bond acceptors (Lipinski definition) is 3. The van der Waals surface area contributed by atoms with Gasteiger partial charge in [0.1, 0.15) is 12.3 Å². The molecule has 1 fully saturated rings. The lowest BCUT2D eigenvalue weighted by atomic mass is 10.4. The van der Waals surface area contributed by atoms with Gasteiger partial charge in [-0.15, -0.1) is 0 Å². The first kappa shape index (κ1) is 12.9. The molecule has 1 aliphatic rings. The maximum Gasteiger partial charge on any atom is 0.216 e. The quantitative estimate of drug-likeness (QED) is 0.631. The molecule has 2 atom stereocenters. The van der Waals surface area contributed by atoms with Crippen LogP contribution in [0.1, 0.15) is 37.6 Å². The van der Waals surface area contributed by atoms with Gasteiger partial charge in [-0.25, -0.2) is 9.98 Å². The minimum Gasteiger partial charge on any atom is -0.444 e. The first-order valence-electron chi connectivity index (χ1n) is 6.58. The van der Waals surface area contributed by atoms with E-state index in [0.717, 1.165) is 29.9 Å². The Kier molecular flexibility index (Phi) is 3.89. The van der Waals surface area contributed by atoms with E-state index < -0.39 is 0 Å². The third-order valence-corrected chi connectivity index (χ3v) is 3.22. The number of oxazole rings is 1. The Labute approximate surface area is 108 Å². The van der Waals surface area contributed by atoms with Crippen LogP contribution in [-0.2, 0) is 6.54 Å². The van der Waals surface area contributed by atoms with Gasteiger partial charge < -0.3 is 15.1 Å². The molecule has 18 heavy (non-hydrogen) atoms. The minimum atomic E-state index is 0.477. The predicted octanol–water partition coefficient (Wildman–Crippen LogP) is 1.75. The molecule has 1 saturated carbocycles. The molecular formula is C13H22N4O. The van der Waals surface area contributed by atoms with Crippen molar-refractivity contribution in [2.24, 2.45) is 10.9 Å². The van der Waals surface area contributed by atoms with E-state index in [4.69, 9.17) is 4.42 Å². The molecule has 5 heteroatoms. The van der Waals surface area contributed by atoms with Crippen LogP contribution in [-0.4, -0.2) is 23.5 Å². The third kappa shape index (κ3) is 3.24. The normalized spacial score (nSPS) is 23.0. The van der Waals surface area contributed by atoms with E-state index >= 15 is 0 Å². The second-order valence-electron chi connectivity index (χ2n) is 4.91. The van der Waals surface area contributed by atoms with Crippen molar-refractivity contribution in [2.45, 2.75) is 46.7 Å². The summed E-state index contributed by atoms with van der Waals surface area (Å²) in [5, 5.41) is 6.64. The molecule has 100 valence electrons. The number of aromatic nitrogens is 1. The monoisotopic (exact) mass is 250 g/mol. The lowest BCUT2D eigenvalue weighted by Gasteiger charge is -2.09. The van der Waals surface area contributed by atoms with E-state index in [2.05, 4.69) is 34.5 Å². The van der Waals surface area contributed by atoms with Gasteiger partial charge in [0, 0.05) is 12.6 Å². The summed E-state index contributed by atoms with van der Waals surface area (Å²) in [5.74, 6) is 3.14. The summed E-state index contributed by atoms with van der Waals surface area (Å²) in [7, 11) is 0. The van der Waals surface area contributed by atoms with Crippen LogP contribution < -0.4 is 10.6 Å². The van der Waals surface area contributed by atoms with E-state index in [1.165, 1.54) is 6.42 Å². The molecule has 0 aliphatic heterocycles. The topological polar surface area (TPSA) is 62.5 Å². The molecule has 2 rings (SSSR count). The van der Waals surface area contributed by atoms with Crippen molar-refractivity contribution in [3.63, 3.8) is 0 Å². The summed E-state index contributed by atoms with van der Waals surface area (Å²) < 4.78 is 5.51. The highest BCUT2D eigenvalue weighted by Gasteiger charge is 2.33. The zero-order chi connectivity index (χ0) is 13.1. The standard InChI is InChI=1S/C13H22N4O/c1-5-14-13(17-11-6-8(11)2)15-7-12-16-9(3)10(4)18-12/h8,11H,5-7H2,1-4H3,(H2,14,15,17). The van der Waals surface area contributed by atoms with E-state index in [9.17, 15) is 0 Å². The van der Waals surface area contributed by atoms with Crippen molar-refractivity contribution in [1.82, 2.24) is 15.6 Å². The molecule has 0 aromatic carbocycles. The highest BCUT2D eigenvalue weighted by atomic mass is 16.4. The Morgan fingerprint density at radius 3 is 2.72 bits per heavy atom. The number of rotatable bonds is 4. The van der Waals surface area contributed by atoms with Gasteiger partial charge in [0.25, 0.3) is 0 Å². The zero-order valence-corrected chi connectivity index (χ0v) is 11.6. The Morgan fingerprint density at radius 2 is 2.22 bits per heavy atom. The van der Waals surface area contributed by atoms with Gasteiger partial charge in [-0.1, -0.05) is 6.92 Å². The fraction of sp³-hybridized carbons (Fsp3) is 0.692. The Morgan fingerprint density at radius 1 is 1.50 bits per heavy atom. The molecule has 1 aliphatic carbocycles. The number of aryl methyl sites for hydroxylation is 2. The van der Waals surface area contributed by atoms with Crippen LogP contribution in [0.2, 0.25) is 0 Å². The number of nitrogens with one attached hydrogen (secondary N) is 2. The van der Waals surface area contributed by atoms with E-state index in [1.54, 1.807) is 0 Å². The third-order valence-electron chi connectivity index (χ3n) is 3.22. The van der Waals surface area contributed by atoms with Crippen LogP contribution in [0, 0.1) is 19.8 Å². The fourth-order valence-electron chi connectivity index (χ4n) is 1.77. The van der Waals surface area contributed by atoms with Gasteiger partial charge in [0.15, 0.2) is 5.96 Å². The summed E-state index contributed by atoms with van der Waals surface area (Å²) in [5.41, 5.74) is 0.939. The molecule has 0 bridgehead atoms. The lowest BCUT2D eigenvalue weighted by Crippen LogP contribution is -2.39. The van der Waals surface area contributed by atoms with Gasteiger partial charge >= 0.3 is 0 Å². The molecule has 1 aromatic heterocycles. The van der Waals surface area contributed by atoms with Gasteiger partial charge in [-0.05, 0) is 33.1 Å². The summed E-state index contributed by atoms with van der Waals surface area (Å²) in [6.07, 6.45) is 1.22. The van der Waals surface area contributed by atoms with Crippen molar-refractivity contribution >= 4 is 5.96 Å². The van der Waals surface area contributed by atoms with Crippen LogP contribution in [0.5, 0.6) is 0 Å². The van der Waals surface area contributed by atoms with Crippen molar-refractivity contribution < 1.29 is 4.42 Å². The molecular weight excluding hydrogens is 228 g/mol. The van der Waals surface area contributed by atoms with Gasteiger partial charge in [0.2, 0.25) is 5.89 Å². The van der Waals surface area contributed by atoms with Crippen LogP contribution in [0.25, 0.3) is 0 Å². The van der Waals surface area contributed by atoms with E-state index in [-0.39, 0.29) is 0 Å². The molecule has 1 heterocycles. The maximum atomic E-state index is 5.51. The molecule has 2 unspecified atom stereocenters. The van der Waals surface area contributed by atoms with Crippen molar-refractivity contribution in [3.8, 4) is 0 Å². The summed E-state index contributed by atoms with van der Waals surface area (Å²) in [4.78, 5) is 8.81. The van der Waals surface area contributed by atoms with Crippen LogP contribution in [0.4, 0.5) is 0 Å². The first-order valence-corrected chi connectivity index (χ1v) is 6.58. The molecule has 2 N–H and O–H groups in total. The SMILES string of the molecule is CCNC(=NCc1nc(C)c(C)o1)NC1CC1C. The summed E-state index contributed by atoms with van der Waals surface area (Å²) in [6.45, 7) is 9.50. The molecule has 0 radical (unpaired) electrons. The maximum absolute atomic E-state index is 5.51. The summed E-state index contributed by atoms with van der Waals surface area (Å²) in [6, 6.07) is 0.566. The summed E-state index contributed by atoms with van der Waals surface area (Å²) >= 11 is 0. The molecule has 0 saturated heterocycles. The molecule has 1 aromatic rings. The largest absolute Gasteiger partial charge is 0.444 e. The Balaban J connectivity index is 1.94. The first-order chi connectivity index (χ1) is 8.60. The van der Waals surface area contributed by atoms with Crippen LogP contribution in [0.3, 0.4) is 0 Å². The lowest BCUT2D eigenvalue weighted by molar-refractivity contribution is 0.472. The van der Waals surface area contributed by atoms with E-state index in [0.29, 0.717) is 18.5 Å². The van der Waals surface area contributed by atoms with Crippen molar-refractivity contribution in [3.05, 3.63) is 17.3 Å². The van der Waals surface area contributed by atoms with Crippen LogP contribution >= 0.6 is 0 Å². The number of guanidine groups is 1. The fourth-order valence-corrected chi connectivity index (χ4v) is 1.77. The highest BCUT2D eigenvalue weighted by Crippen LogP contribution is 2.28. The number of nitrogens with zero attached hydrogens (tertiary/aromatic N) is 2. The van der Waals surface area contributed by atoms with E-state index in [1.807, 2.05) is 13.8 Å². The highest BCUT2D eigenvalue weighted by molar-refractivity contribution is 5.80. The molecule has 0 amide bonds. The molecule has 5 nitrogen and oxygen atoms in total. The average molecular weight is 250 g/mol. The van der Waals surface area contributed by atoms with Crippen molar-refractivity contribution in [1.29, 1.82) is 0 Å². The number of hydrogen-bond donors (Lipinski definition) is 2. The van der Waals surface area contributed by atoms with Crippen LogP contribution in [0.15, 0.2) is 9.41 Å². The van der Waals surface area contributed by atoms with Gasteiger partial charge in [-0.2, -0.15) is 0 Å². The zero-order valence-electron chi connectivity index (χ0n) is 11.6. The second-order valence-corrected chi connectivity index (χ2v) is 4.91. The van der Waals surface area contributed by atoms with Crippen molar-refractivity contribution in [2.75, 3.05) is 6.54 Å². The predicted molar refractivity (Wildman–Crippen MR) is 71.5 cm³/mol. The average Bonchev–Trinajstić information content (AvgIpc) is 2.91. The number of aliphatic imine (C=N–C) groups is 1. The smallest absolute Gasteiger partial charge is 0.216 e. The minimum absolute atomic E-state index is 0.477. The Bertz CT molecular complexity index is 419. The second kappa shape index (κ2) is 5.42. The van der Waals surface area contributed by atoms with Gasteiger partial charge in [0.05, 0.1) is 5.69 Å². The van der Waals surface area contributed by atoms with Gasteiger partial charge in [-0.3, -0.25) is 0 Å². The molecule has 0 spiro atoms.